The minimum Gasteiger partial charge on any atom is -0.479 e. The van der Waals surface area contributed by atoms with Gasteiger partial charge in [-0.25, -0.2) is 9.59 Å². The minimum atomic E-state index is -0.996. The summed E-state index contributed by atoms with van der Waals surface area (Å²) in [7, 11) is 0. The highest BCUT2D eigenvalue weighted by Crippen LogP contribution is 2.24. The van der Waals surface area contributed by atoms with Gasteiger partial charge in [-0.1, -0.05) is 29.3 Å². The number of carboxylic acids is 2. The van der Waals surface area contributed by atoms with Crippen molar-refractivity contribution in [3.8, 4) is 11.5 Å². The Morgan fingerprint density at radius 2 is 1.25 bits per heavy atom. The molecule has 8 heteroatoms. The first-order valence-electron chi connectivity index (χ1n) is 8.32. The maximum absolute atomic E-state index is 10.5. The molecule has 6 nitrogen and oxygen atoms in total. The summed E-state index contributed by atoms with van der Waals surface area (Å²) in [6.07, 6.45) is -1.72. The summed E-state index contributed by atoms with van der Waals surface area (Å²) in [6.45, 7) is 6.61. The largest absolute Gasteiger partial charge is 0.479 e. The number of aryl methyl sites for hydroxylation is 2. The number of halogens is 2. The summed E-state index contributed by atoms with van der Waals surface area (Å²) in [5.41, 5.74) is 1.69. The summed E-state index contributed by atoms with van der Waals surface area (Å²) in [5, 5.41) is 18.4. The van der Waals surface area contributed by atoms with Crippen LogP contribution in [0.3, 0.4) is 0 Å². The van der Waals surface area contributed by atoms with Crippen molar-refractivity contribution in [2.45, 2.75) is 39.9 Å². The molecule has 2 rings (SSSR count). The number of ether oxygens (including phenoxy) is 2. The van der Waals surface area contributed by atoms with Crippen molar-refractivity contribution in [1.82, 2.24) is 0 Å². The van der Waals surface area contributed by atoms with E-state index in [0.717, 1.165) is 11.1 Å². The van der Waals surface area contributed by atoms with Crippen molar-refractivity contribution in [2.75, 3.05) is 0 Å². The molecule has 28 heavy (non-hydrogen) atoms. The molecule has 0 aliphatic carbocycles. The van der Waals surface area contributed by atoms with Crippen LogP contribution in [-0.4, -0.2) is 34.4 Å². The van der Waals surface area contributed by atoms with E-state index < -0.39 is 24.1 Å². The minimum absolute atomic E-state index is 0.507. The highest BCUT2D eigenvalue weighted by atomic mass is 35.5. The lowest BCUT2D eigenvalue weighted by Gasteiger charge is -2.12. The van der Waals surface area contributed by atoms with Crippen molar-refractivity contribution in [2.24, 2.45) is 0 Å². The molecule has 0 aliphatic heterocycles. The zero-order chi connectivity index (χ0) is 21.4. The third-order valence-corrected chi connectivity index (χ3v) is 4.06. The van der Waals surface area contributed by atoms with Crippen LogP contribution in [0.4, 0.5) is 0 Å². The Labute approximate surface area is 173 Å². The van der Waals surface area contributed by atoms with Crippen LogP contribution in [0.15, 0.2) is 36.4 Å². The van der Waals surface area contributed by atoms with Crippen molar-refractivity contribution in [3.63, 3.8) is 0 Å². The highest BCUT2D eigenvalue weighted by molar-refractivity contribution is 6.31. The van der Waals surface area contributed by atoms with Gasteiger partial charge in [0.15, 0.2) is 12.2 Å². The average Bonchev–Trinajstić information content (AvgIpc) is 2.60. The van der Waals surface area contributed by atoms with E-state index in [1.54, 1.807) is 36.4 Å². The van der Waals surface area contributed by atoms with Crippen molar-refractivity contribution >= 4 is 35.1 Å². The van der Waals surface area contributed by atoms with E-state index in [1.165, 1.54) is 13.8 Å². The van der Waals surface area contributed by atoms with Gasteiger partial charge in [-0.15, -0.1) is 0 Å². The zero-order valence-electron chi connectivity index (χ0n) is 15.9. The Kier molecular flexibility index (Phi) is 9.09. The van der Waals surface area contributed by atoms with Crippen LogP contribution in [0.1, 0.15) is 25.0 Å². The number of rotatable bonds is 6. The second-order valence-corrected chi connectivity index (χ2v) is 6.89. The van der Waals surface area contributed by atoms with Crippen LogP contribution in [0, 0.1) is 13.8 Å². The van der Waals surface area contributed by atoms with Crippen LogP contribution in [-0.2, 0) is 9.59 Å². The summed E-state index contributed by atoms with van der Waals surface area (Å²) in [6, 6.07) is 10.2. The van der Waals surface area contributed by atoms with Gasteiger partial charge in [0.05, 0.1) is 0 Å². The molecule has 2 atom stereocenters. The van der Waals surface area contributed by atoms with Gasteiger partial charge in [0.25, 0.3) is 0 Å². The monoisotopic (exact) mass is 428 g/mol. The Hall–Kier alpha value is -2.44. The normalized spacial score (nSPS) is 12.2. The molecule has 0 bridgehead atoms. The number of carbonyl (C=O) groups is 2. The molecule has 152 valence electrons. The lowest BCUT2D eigenvalue weighted by Crippen LogP contribution is -2.23. The molecule has 0 amide bonds. The molecule has 0 aliphatic rings. The van der Waals surface area contributed by atoms with Crippen LogP contribution in [0.2, 0.25) is 10.0 Å². The lowest BCUT2D eigenvalue weighted by molar-refractivity contribution is -0.145. The number of aliphatic carboxylic acids is 2. The van der Waals surface area contributed by atoms with Gasteiger partial charge >= 0.3 is 11.9 Å². The fourth-order valence-electron chi connectivity index (χ4n) is 1.93. The van der Waals surface area contributed by atoms with Crippen LogP contribution in [0.25, 0.3) is 0 Å². The third-order valence-electron chi connectivity index (χ3n) is 3.59. The smallest absolute Gasteiger partial charge is 0.344 e. The highest BCUT2D eigenvalue weighted by Gasteiger charge is 2.14. The van der Waals surface area contributed by atoms with Gasteiger partial charge in [0.2, 0.25) is 0 Å². The van der Waals surface area contributed by atoms with E-state index in [4.69, 9.17) is 42.9 Å². The SMILES string of the molecule is Cc1cc(Cl)ccc1OC(C)C(=O)O.Cc1ccc(Cl)cc1OC(C)C(=O)O. The van der Waals surface area contributed by atoms with E-state index >= 15 is 0 Å². The second-order valence-electron chi connectivity index (χ2n) is 6.02. The topological polar surface area (TPSA) is 93.1 Å². The average molecular weight is 429 g/mol. The molecule has 0 saturated heterocycles. The summed E-state index contributed by atoms with van der Waals surface area (Å²) >= 11 is 11.5. The van der Waals surface area contributed by atoms with E-state index in [9.17, 15) is 9.59 Å². The van der Waals surface area contributed by atoms with Gasteiger partial charge in [0, 0.05) is 10.0 Å². The molecule has 0 saturated carbocycles. The van der Waals surface area contributed by atoms with Crippen LogP contribution in [0.5, 0.6) is 11.5 Å². The Morgan fingerprint density at radius 3 is 1.75 bits per heavy atom. The van der Waals surface area contributed by atoms with Gasteiger partial charge in [-0.05, 0) is 69.2 Å². The zero-order valence-corrected chi connectivity index (χ0v) is 17.4. The molecule has 0 radical (unpaired) electrons. The number of carboxylic acid groups (broad SMARTS) is 2. The molecule has 2 unspecified atom stereocenters. The van der Waals surface area contributed by atoms with E-state index in [1.807, 2.05) is 13.8 Å². The molecule has 0 spiro atoms. The first-order valence-corrected chi connectivity index (χ1v) is 9.08. The maximum atomic E-state index is 10.5. The van der Waals surface area contributed by atoms with Crippen LogP contribution >= 0.6 is 23.2 Å². The van der Waals surface area contributed by atoms with Gasteiger partial charge in [-0.2, -0.15) is 0 Å². The van der Waals surface area contributed by atoms with Gasteiger partial charge in [-0.3, -0.25) is 0 Å². The Balaban J connectivity index is 0.000000280. The van der Waals surface area contributed by atoms with E-state index in [2.05, 4.69) is 0 Å². The predicted molar refractivity (Wildman–Crippen MR) is 108 cm³/mol. The quantitative estimate of drug-likeness (QED) is 0.671. The van der Waals surface area contributed by atoms with E-state index in [-0.39, 0.29) is 0 Å². The summed E-state index contributed by atoms with van der Waals surface area (Å²) in [4.78, 5) is 21.1. The van der Waals surface area contributed by atoms with E-state index in [0.29, 0.717) is 21.5 Å². The second kappa shape index (κ2) is 10.8. The Morgan fingerprint density at radius 1 is 0.786 bits per heavy atom. The van der Waals surface area contributed by atoms with Gasteiger partial charge in [0.1, 0.15) is 11.5 Å². The number of hydrogen-bond donors (Lipinski definition) is 2. The fraction of sp³-hybridized carbons (Fsp3) is 0.300. The molecular formula is C20H22Cl2O6. The van der Waals surface area contributed by atoms with Crippen molar-refractivity contribution in [1.29, 1.82) is 0 Å². The summed E-state index contributed by atoms with van der Waals surface area (Å²) < 4.78 is 10.4. The van der Waals surface area contributed by atoms with Crippen LogP contribution < -0.4 is 9.47 Å². The first-order chi connectivity index (χ1) is 13.0. The third kappa shape index (κ3) is 7.66. The van der Waals surface area contributed by atoms with Crippen molar-refractivity contribution < 1.29 is 29.3 Å². The maximum Gasteiger partial charge on any atom is 0.344 e. The summed E-state index contributed by atoms with van der Waals surface area (Å²) in [5.74, 6) is -0.930. The lowest BCUT2D eigenvalue weighted by atomic mass is 10.2. The standard InChI is InChI=1S/2C10H11ClO3/c1-6-5-8(11)3-4-9(6)14-7(2)10(12)13;1-6-3-4-8(11)5-9(6)14-7(2)10(12)13/h2*3-5,7H,1-2H3,(H,12,13). The molecule has 0 fully saturated rings. The Bertz CT molecular complexity index is 837. The molecular weight excluding hydrogens is 407 g/mol. The fourth-order valence-corrected chi connectivity index (χ4v) is 2.32. The number of hydrogen-bond acceptors (Lipinski definition) is 4. The molecule has 0 aromatic heterocycles. The molecule has 2 aromatic rings. The van der Waals surface area contributed by atoms with Crippen molar-refractivity contribution in [3.05, 3.63) is 57.6 Å². The number of benzene rings is 2. The van der Waals surface area contributed by atoms with Gasteiger partial charge < -0.3 is 19.7 Å². The predicted octanol–water partition coefficient (Wildman–Crippen LogP) is 5.00. The molecule has 0 heterocycles. The molecule has 2 N–H and O–H groups in total. The first kappa shape index (κ1) is 23.6. The molecule has 2 aromatic carbocycles.